The fourth-order valence-electron chi connectivity index (χ4n) is 2.97. The van der Waals surface area contributed by atoms with Gasteiger partial charge in [-0.1, -0.05) is 0 Å². The molecule has 12 heteroatoms. The van der Waals surface area contributed by atoms with Gasteiger partial charge in [0.2, 0.25) is 26.0 Å². The summed E-state index contributed by atoms with van der Waals surface area (Å²) in [7, 11) is -5.08. The van der Waals surface area contributed by atoms with Crippen LogP contribution in [-0.2, 0) is 24.8 Å². The Morgan fingerprint density at radius 1 is 1.03 bits per heavy atom. The molecule has 0 bridgehead atoms. The SMILES string of the molecule is COc1ccc(OCCNS(=O)(=O)c2cc(N3C(=O)CCS3(=O)=O)ccc2OC)cc1. The van der Waals surface area contributed by atoms with E-state index in [0.29, 0.717) is 15.8 Å². The van der Waals surface area contributed by atoms with Crippen LogP contribution in [0, 0.1) is 0 Å². The average molecular weight is 471 g/mol. The molecule has 0 aliphatic carbocycles. The van der Waals surface area contributed by atoms with E-state index in [-0.39, 0.29) is 41.7 Å². The number of rotatable bonds is 9. The lowest BCUT2D eigenvalue weighted by atomic mass is 10.3. The van der Waals surface area contributed by atoms with Crippen molar-refractivity contribution in [1.82, 2.24) is 4.72 Å². The summed E-state index contributed by atoms with van der Waals surface area (Å²) in [6.45, 7) is -0.00472. The number of nitrogens with one attached hydrogen (secondary N) is 1. The van der Waals surface area contributed by atoms with Gasteiger partial charge in [0.25, 0.3) is 0 Å². The summed E-state index contributed by atoms with van der Waals surface area (Å²) < 4.78 is 68.6. The Balaban J connectivity index is 1.74. The van der Waals surface area contributed by atoms with Gasteiger partial charge in [-0.05, 0) is 42.5 Å². The summed E-state index contributed by atoms with van der Waals surface area (Å²) in [5, 5.41) is 0. The van der Waals surface area contributed by atoms with Gasteiger partial charge in [0.15, 0.2) is 0 Å². The molecular weight excluding hydrogens is 448 g/mol. The van der Waals surface area contributed by atoms with Crippen LogP contribution in [0.2, 0.25) is 0 Å². The fourth-order valence-corrected chi connectivity index (χ4v) is 5.62. The van der Waals surface area contributed by atoms with Crippen LogP contribution in [0.15, 0.2) is 47.4 Å². The second-order valence-electron chi connectivity index (χ2n) is 6.48. The summed E-state index contributed by atoms with van der Waals surface area (Å²) in [5.41, 5.74) is -0.0573. The van der Waals surface area contributed by atoms with Gasteiger partial charge >= 0.3 is 0 Å². The van der Waals surface area contributed by atoms with Gasteiger partial charge in [-0.3, -0.25) is 4.79 Å². The van der Waals surface area contributed by atoms with Gasteiger partial charge < -0.3 is 14.2 Å². The second kappa shape index (κ2) is 9.12. The molecule has 1 N–H and O–H groups in total. The number of sulfonamides is 2. The molecule has 1 heterocycles. The molecule has 168 valence electrons. The number of hydrogen-bond donors (Lipinski definition) is 1. The lowest BCUT2D eigenvalue weighted by Crippen LogP contribution is -2.31. The first kappa shape index (κ1) is 22.8. The number of anilines is 1. The molecule has 0 atom stereocenters. The van der Waals surface area contributed by atoms with Crippen LogP contribution in [0.3, 0.4) is 0 Å². The van der Waals surface area contributed by atoms with Crippen molar-refractivity contribution in [2.45, 2.75) is 11.3 Å². The zero-order valence-corrected chi connectivity index (χ0v) is 18.5. The Morgan fingerprint density at radius 2 is 1.71 bits per heavy atom. The molecule has 1 amide bonds. The van der Waals surface area contributed by atoms with Gasteiger partial charge in [-0.25, -0.2) is 25.9 Å². The van der Waals surface area contributed by atoms with Gasteiger partial charge in [-0.15, -0.1) is 0 Å². The molecule has 3 rings (SSSR count). The van der Waals surface area contributed by atoms with Gasteiger partial charge in [0, 0.05) is 13.0 Å². The fraction of sp³-hybridized carbons (Fsp3) is 0.316. The maximum Gasteiger partial charge on any atom is 0.244 e. The highest BCUT2D eigenvalue weighted by Crippen LogP contribution is 2.32. The average Bonchev–Trinajstić information content (AvgIpc) is 3.03. The number of hydrogen-bond acceptors (Lipinski definition) is 8. The quantitative estimate of drug-likeness (QED) is 0.540. The molecule has 0 unspecified atom stereocenters. The van der Waals surface area contributed by atoms with Crippen LogP contribution in [-0.4, -0.2) is 55.9 Å². The Morgan fingerprint density at radius 3 is 2.29 bits per heavy atom. The number of carbonyl (C=O) groups excluding carboxylic acids is 1. The topological polar surface area (TPSA) is 128 Å². The Hall–Kier alpha value is -2.83. The number of nitrogens with zero attached hydrogens (tertiary/aromatic N) is 1. The minimum Gasteiger partial charge on any atom is -0.497 e. The van der Waals surface area contributed by atoms with E-state index < -0.39 is 26.0 Å². The second-order valence-corrected chi connectivity index (χ2v) is 10.2. The standard InChI is InChI=1S/C19H22N2O8S2/c1-27-15-4-6-16(7-5-15)29-11-10-20-31(25,26)18-13-14(3-8-17(18)28-2)21-19(22)9-12-30(21,23)24/h3-8,13,20H,9-12H2,1-2H3. The Kier molecular flexibility index (Phi) is 6.72. The largest absolute Gasteiger partial charge is 0.497 e. The smallest absolute Gasteiger partial charge is 0.244 e. The molecule has 1 aliphatic rings. The van der Waals surface area contributed by atoms with Crippen LogP contribution in [0.5, 0.6) is 17.2 Å². The van der Waals surface area contributed by atoms with Crippen LogP contribution < -0.4 is 23.2 Å². The molecule has 2 aromatic rings. The van der Waals surface area contributed by atoms with E-state index in [1.165, 1.54) is 19.2 Å². The maximum atomic E-state index is 12.8. The summed E-state index contributed by atoms with van der Waals surface area (Å²) in [4.78, 5) is 11.7. The van der Waals surface area contributed by atoms with Crippen molar-refractivity contribution in [3.63, 3.8) is 0 Å². The molecular formula is C19H22N2O8S2. The summed E-state index contributed by atoms with van der Waals surface area (Å²) >= 11 is 0. The molecule has 0 saturated carbocycles. The third kappa shape index (κ3) is 5.09. The van der Waals surface area contributed by atoms with Crippen molar-refractivity contribution >= 4 is 31.6 Å². The number of carbonyl (C=O) groups is 1. The van der Waals surface area contributed by atoms with E-state index in [0.717, 1.165) is 6.07 Å². The van der Waals surface area contributed by atoms with E-state index >= 15 is 0 Å². The van der Waals surface area contributed by atoms with Crippen LogP contribution in [0.25, 0.3) is 0 Å². The molecule has 1 saturated heterocycles. The van der Waals surface area contributed by atoms with Crippen molar-refractivity contribution in [2.24, 2.45) is 0 Å². The Labute approximate surface area is 180 Å². The molecule has 10 nitrogen and oxygen atoms in total. The molecule has 2 aromatic carbocycles. The van der Waals surface area contributed by atoms with Gasteiger partial charge in [-0.2, -0.15) is 0 Å². The highest BCUT2D eigenvalue weighted by molar-refractivity contribution is 7.94. The molecule has 0 spiro atoms. The third-order valence-electron chi connectivity index (χ3n) is 4.47. The lowest BCUT2D eigenvalue weighted by Gasteiger charge is -2.18. The third-order valence-corrected chi connectivity index (χ3v) is 7.65. The number of benzene rings is 2. The zero-order chi connectivity index (χ0) is 22.6. The van der Waals surface area contributed by atoms with Crippen molar-refractivity contribution < 1.29 is 35.8 Å². The first-order chi connectivity index (χ1) is 14.7. The highest BCUT2D eigenvalue weighted by atomic mass is 32.2. The van der Waals surface area contributed by atoms with E-state index in [4.69, 9.17) is 14.2 Å². The van der Waals surface area contributed by atoms with E-state index in [1.54, 1.807) is 31.4 Å². The zero-order valence-electron chi connectivity index (χ0n) is 16.9. The van der Waals surface area contributed by atoms with Crippen molar-refractivity contribution in [1.29, 1.82) is 0 Å². The summed E-state index contributed by atoms with van der Waals surface area (Å²) in [5.74, 6) is 0.280. The molecule has 1 fully saturated rings. The molecule has 0 aromatic heterocycles. The van der Waals surface area contributed by atoms with Gasteiger partial charge in [0.1, 0.15) is 28.8 Å². The number of methoxy groups -OCH3 is 2. The first-order valence-electron chi connectivity index (χ1n) is 9.18. The first-order valence-corrected chi connectivity index (χ1v) is 12.3. The number of ether oxygens (including phenoxy) is 3. The van der Waals surface area contributed by atoms with Crippen molar-refractivity contribution in [3.05, 3.63) is 42.5 Å². The monoisotopic (exact) mass is 470 g/mol. The minimum atomic E-state index is -4.08. The van der Waals surface area contributed by atoms with Crippen LogP contribution in [0.1, 0.15) is 6.42 Å². The summed E-state index contributed by atoms with van der Waals surface area (Å²) in [6.07, 6.45) is -0.155. The van der Waals surface area contributed by atoms with Crippen molar-refractivity contribution in [2.75, 3.05) is 37.4 Å². The maximum absolute atomic E-state index is 12.8. The predicted molar refractivity (Wildman–Crippen MR) is 113 cm³/mol. The summed E-state index contributed by atoms with van der Waals surface area (Å²) in [6, 6.07) is 10.5. The van der Waals surface area contributed by atoms with Gasteiger partial charge in [0.05, 0.1) is 25.7 Å². The minimum absolute atomic E-state index is 0.0105. The van der Waals surface area contributed by atoms with E-state index in [2.05, 4.69) is 4.72 Å². The van der Waals surface area contributed by atoms with E-state index in [9.17, 15) is 21.6 Å². The molecule has 31 heavy (non-hydrogen) atoms. The highest BCUT2D eigenvalue weighted by Gasteiger charge is 2.37. The van der Waals surface area contributed by atoms with Crippen molar-refractivity contribution in [3.8, 4) is 17.2 Å². The lowest BCUT2D eigenvalue weighted by molar-refractivity contribution is -0.116. The molecule has 0 radical (unpaired) electrons. The van der Waals surface area contributed by atoms with E-state index in [1.807, 2.05) is 0 Å². The van der Waals surface area contributed by atoms with Crippen LogP contribution in [0.4, 0.5) is 5.69 Å². The molecule has 1 aliphatic heterocycles. The predicted octanol–water partition coefficient (Wildman–Crippen LogP) is 1.13. The van der Waals surface area contributed by atoms with Crippen LogP contribution >= 0.6 is 0 Å². The normalized spacial score (nSPS) is 15.7. The Bertz CT molecular complexity index is 1160. The number of amides is 1.